The predicted molar refractivity (Wildman–Crippen MR) is 82.1 cm³/mol. The second-order valence-corrected chi connectivity index (χ2v) is 5.73. The quantitative estimate of drug-likeness (QED) is 0.737. The number of aromatic nitrogens is 3. The molecule has 24 heavy (non-hydrogen) atoms. The molecular weight excluding hydrogens is 314 g/mol. The Bertz CT molecular complexity index is 695. The molecule has 0 saturated carbocycles. The first-order valence-electron chi connectivity index (χ1n) is 7.62. The molecule has 2 aliphatic rings. The lowest BCUT2D eigenvalue weighted by Crippen LogP contribution is -2.59. The van der Waals surface area contributed by atoms with Crippen molar-refractivity contribution in [2.75, 3.05) is 11.9 Å². The van der Waals surface area contributed by atoms with E-state index < -0.39 is 36.6 Å². The van der Waals surface area contributed by atoms with E-state index in [4.69, 9.17) is 9.47 Å². The van der Waals surface area contributed by atoms with E-state index in [-0.39, 0.29) is 0 Å². The van der Waals surface area contributed by atoms with Crippen LogP contribution in [0.5, 0.6) is 0 Å². The maximum Gasteiger partial charge on any atom is 0.319 e. The average molecular weight is 331 g/mol. The van der Waals surface area contributed by atoms with Crippen LogP contribution in [-0.4, -0.2) is 56.8 Å². The van der Waals surface area contributed by atoms with Crippen molar-refractivity contribution in [3.8, 4) is 0 Å². The third-order valence-corrected chi connectivity index (χ3v) is 4.22. The number of ether oxygens (including phenoxy) is 2. The Morgan fingerprint density at radius 2 is 2.29 bits per heavy atom. The first-order chi connectivity index (χ1) is 11.7. The number of amides is 2. The lowest BCUT2D eigenvalue weighted by atomic mass is 9.96. The van der Waals surface area contributed by atoms with E-state index in [2.05, 4.69) is 20.6 Å². The smallest absolute Gasteiger partial charge is 0.319 e. The van der Waals surface area contributed by atoms with Crippen molar-refractivity contribution >= 4 is 11.7 Å². The molecule has 9 nitrogen and oxygen atoms in total. The van der Waals surface area contributed by atoms with Crippen LogP contribution in [0.3, 0.4) is 0 Å². The maximum atomic E-state index is 12.2. The molecule has 4 rings (SSSR count). The minimum absolute atomic E-state index is 0.310. The van der Waals surface area contributed by atoms with E-state index in [1.807, 2.05) is 0 Å². The lowest BCUT2D eigenvalue weighted by molar-refractivity contribution is -0.163. The third kappa shape index (κ3) is 2.73. The van der Waals surface area contributed by atoms with Crippen LogP contribution < -0.4 is 10.6 Å². The van der Waals surface area contributed by atoms with Crippen molar-refractivity contribution in [1.29, 1.82) is 0 Å². The normalized spacial score (nSPS) is 31.6. The van der Waals surface area contributed by atoms with Gasteiger partial charge in [-0.2, -0.15) is 0 Å². The van der Waals surface area contributed by atoms with E-state index in [9.17, 15) is 9.90 Å². The number of rotatable bonds is 3. The Labute approximate surface area is 137 Å². The Balaban J connectivity index is 1.48. The van der Waals surface area contributed by atoms with Crippen molar-refractivity contribution in [2.24, 2.45) is 0 Å². The molecule has 0 radical (unpaired) electrons. The number of nitrogens with one attached hydrogen (secondary N) is 2. The van der Waals surface area contributed by atoms with Gasteiger partial charge in [-0.25, -0.2) is 9.78 Å². The molecular formula is C15H17N5O4. The van der Waals surface area contributed by atoms with Crippen LogP contribution in [0.25, 0.3) is 0 Å². The van der Waals surface area contributed by atoms with Gasteiger partial charge in [0.2, 0.25) is 0 Å². The number of aliphatic hydroxyl groups excluding tert-OH is 1. The summed E-state index contributed by atoms with van der Waals surface area (Å²) in [4.78, 5) is 20.1. The Morgan fingerprint density at radius 1 is 1.38 bits per heavy atom. The van der Waals surface area contributed by atoms with Crippen molar-refractivity contribution in [1.82, 2.24) is 19.9 Å². The molecule has 0 spiro atoms. The zero-order valence-corrected chi connectivity index (χ0v) is 12.6. The lowest BCUT2D eigenvalue weighted by Gasteiger charge is -2.38. The van der Waals surface area contributed by atoms with Gasteiger partial charge in [-0.05, 0) is 12.1 Å². The van der Waals surface area contributed by atoms with Gasteiger partial charge in [0.25, 0.3) is 0 Å². The van der Waals surface area contributed by atoms with Crippen LogP contribution in [0.1, 0.15) is 6.04 Å². The van der Waals surface area contributed by atoms with Crippen LogP contribution in [0.15, 0.2) is 43.2 Å². The van der Waals surface area contributed by atoms with E-state index in [1.54, 1.807) is 41.6 Å². The monoisotopic (exact) mass is 331 g/mol. The summed E-state index contributed by atoms with van der Waals surface area (Å²) in [5.41, 5.74) is 0.563. The van der Waals surface area contributed by atoms with Crippen molar-refractivity contribution in [3.63, 3.8) is 0 Å². The number of hydrogen-bond acceptors (Lipinski definition) is 6. The number of nitrogens with zero attached hydrogens (tertiary/aromatic N) is 3. The Hall–Kier alpha value is -2.49. The molecule has 0 aromatic carbocycles. The fraction of sp³-hybridized carbons (Fsp3) is 0.400. The Morgan fingerprint density at radius 3 is 3.04 bits per heavy atom. The summed E-state index contributed by atoms with van der Waals surface area (Å²) in [5.74, 6) is 0. The number of aliphatic hydroxyl groups is 1. The number of carbonyl (C=O) groups excluding carboxylic acids is 1. The topological polar surface area (TPSA) is 111 Å². The van der Waals surface area contributed by atoms with E-state index in [0.29, 0.717) is 12.3 Å². The van der Waals surface area contributed by atoms with Crippen LogP contribution in [0.2, 0.25) is 0 Å². The summed E-state index contributed by atoms with van der Waals surface area (Å²) in [7, 11) is 0. The highest BCUT2D eigenvalue weighted by atomic mass is 16.7. The molecule has 3 N–H and O–H groups in total. The molecule has 2 aromatic heterocycles. The zero-order valence-electron chi connectivity index (χ0n) is 12.6. The fourth-order valence-corrected chi connectivity index (χ4v) is 3.10. The second-order valence-electron chi connectivity index (χ2n) is 5.73. The molecule has 4 heterocycles. The maximum absolute atomic E-state index is 12.2. The van der Waals surface area contributed by atoms with Crippen LogP contribution >= 0.6 is 0 Å². The zero-order chi connectivity index (χ0) is 16.5. The number of hydrogen-bond donors (Lipinski definition) is 3. The molecule has 2 aliphatic heterocycles. The van der Waals surface area contributed by atoms with Crippen LogP contribution in [0.4, 0.5) is 10.5 Å². The number of fused-ring (bicyclic) bond motifs is 2. The SMILES string of the molecule is O=C(Nc1cccnc1)N[C@H]1[C@H](O)[C@@H](n2ccnc2)[C@@H]2OC[C@H]1O2. The molecule has 2 fully saturated rings. The molecule has 0 unspecified atom stereocenters. The van der Waals surface area contributed by atoms with Crippen molar-refractivity contribution < 1.29 is 19.4 Å². The highest BCUT2D eigenvalue weighted by Gasteiger charge is 2.51. The van der Waals surface area contributed by atoms with Gasteiger partial charge in [-0.3, -0.25) is 4.98 Å². The van der Waals surface area contributed by atoms with E-state index in [0.717, 1.165) is 0 Å². The molecule has 2 saturated heterocycles. The van der Waals surface area contributed by atoms with E-state index >= 15 is 0 Å². The Kier molecular flexibility index (Phi) is 3.89. The van der Waals surface area contributed by atoms with Crippen LogP contribution in [-0.2, 0) is 9.47 Å². The van der Waals surface area contributed by atoms with Gasteiger partial charge in [-0.1, -0.05) is 0 Å². The number of anilines is 1. The second kappa shape index (κ2) is 6.19. The highest BCUT2D eigenvalue weighted by Crippen LogP contribution is 2.35. The number of carbonyl (C=O) groups is 1. The summed E-state index contributed by atoms with van der Waals surface area (Å²) in [5, 5.41) is 16.2. The minimum atomic E-state index is -0.870. The summed E-state index contributed by atoms with van der Waals surface area (Å²) in [6, 6.07) is 1.93. The number of urea groups is 1. The van der Waals surface area contributed by atoms with Crippen LogP contribution in [0, 0.1) is 0 Å². The molecule has 2 aromatic rings. The van der Waals surface area contributed by atoms with Gasteiger partial charge in [0, 0.05) is 18.6 Å². The minimum Gasteiger partial charge on any atom is -0.388 e. The highest BCUT2D eigenvalue weighted by molar-refractivity contribution is 5.89. The molecule has 2 bridgehead atoms. The van der Waals surface area contributed by atoms with Gasteiger partial charge in [-0.15, -0.1) is 0 Å². The summed E-state index contributed by atoms with van der Waals surface area (Å²) in [6.07, 6.45) is 6.26. The predicted octanol–water partition coefficient (Wildman–Crippen LogP) is 0.125. The number of imidazole rings is 1. The van der Waals surface area contributed by atoms with Gasteiger partial charge in [0.1, 0.15) is 18.2 Å². The summed E-state index contributed by atoms with van der Waals surface area (Å²) >= 11 is 0. The molecule has 0 aliphatic carbocycles. The molecule has 9 heteroatoms. The number of pyridine rings is 1. The summed E-state index contributed by atoms with van der Waals surface area (Å²) < 4.78 is 13.1. The molecule has 126 valence electrons. The molecule has 5 atom stereocenters. The van der Waals surface area contributed by atoms with Gasteiger partial charge in [0.15, 0.2) is 6.29 Å². The van der Waals surface area contributed by atoms with E-state index in [1.165, 1.54) is 6.20 Å². The summed E-state index contributed by atoms with van der Waals surface area (Å²) in [6.45, 7) is 0.310. The van der Waals surface area contributed by atoms with Crippen molar-refractivity contribution in [3.05, 3.63) is 43.2 Å². The largest absolute Gasteiger partial charge is 0.388 e. The average Bonchev–Trinajstić information content (AvgIpc) is 3.24. The first-order valence-corrected chi connectivity index (χ1v) is 7.62. The standard InChI is InChI=1S/C15H17N5O4/c21-13-11(19-15(22)18-9-2-1-3-16-6-9)10-7-23-14(24-10)12(13)20-5-4-17-8-20/h1-6,8,10-14,21H,7H2,(H2,18,19,22)/t10-,11-,12-,13+,14-/m1/s1. The molecule has 2 amide bonds. The third-order valence-electron chi connectivity index (χ3n) is 4.22. The fourth-order valence-electron chi connectivity index (χ4n) is 3.10. The van der Waals surface area contributed by atoms with Gasteiger partial charge >= 0.3 is 6.03 Å². The van der Waals surface area contributed by atoms with Gasteiger partial charge in [0.05, 0.1) is 30.9 Å². The van der Waals surface area contributed by atoms with Crippen molar-refractivity contribution in [2.45, 2.75) is 30.6 Å². The van der Waals surface area contributed by atoms with Gasteiger partial charge < -0.3 is 29.8 Å². The first kappa shape index (κ1) is 15.1.